The van der Waals surface area contributed by atoms with Gasteiger partial charge in [-0.05, 0) is 47.2 Å². The molecule has 1 heterocycles. The van der Waals surface area contributed by atoms with Crippen LogP contribution in [0.2, 0.25) is 0 Å². The van der Waals surface area contributed by atoms with Gasteiger partial charge in [0, 0.05) is 12.7 Å². The quantitative estimate of drug-likeness (QED) is 0.483. The number of carbonyl (C=O) groups is 2. The Hall–Kier alpha value is -3.20. The highest BCUT2D eigenvalue weighted by atomic mass is 32.2. The molecule has 2 aromatic carbocycles. The number of esters is 1. The lowest BCUT2D eigenvalue weighted by Gasteiger charge is -2.07. The number of benzene rings is 2. The van der Waals surface area contributed by atoms with E-state index < -0.39 is 5.97 Å². The van der Waals surface area contributed by atoms with Gasteiger partial charge in [-0.1, -0.05) is 41.6 Å². The van der Waals surface area contributed by atoms with E-state index in [1.807, 2.05) is 31.2 Å². The molecule has 144 valence electrons. The molecule has 0 bridgehead atoms. The van der Waals surface area contributed by atoms with Crippen LogP contribution in [0.15, 0.2) is 53.7 Å². The molecule has 0 atom stereocenters. The van der Waals surface area contributed by atoms with Gasteiger partial charge in [0.2, 0.25) is 11.1 Å². The zero-order chi connectivity index (χ0) is 19.9. The molecule has 0 spiro atoms. The lowest BCUT2D eigenvalue weighted by atomic mass is 10.1. The van der Waals surface area contributed by atoms with Crippen LogP contribution in [0, 0.1) is 6.92 Å². The number of aromatic nitrogens is 4. The van der Waals surface area contributed by atoms with Crippen LogP contribution in [0.25, 0.3) is 0 Å². The molecule has 9 heteroatoms. The van der Waals surface area contributed by atoms with Crippen molar-refractivity contribution in [2.45, 2.75) is 18.7 Å². The van der Waals surface area contributed by atoms with Gasteiger partial charge < -0.3 is 10.1 Å². The van der Waals surface area contributed by atoms with Crippen LogP contribution < -0.4 is 5.32 Å². The number of hydrogen-bond donors (Lipinski definition) is 1. The predicted molar refractivity (Wildman–Crippen MR) is 105 cm³/mol. The summed E-state index contributed by atoms with van der Waals surface area (Å²) in [6, 6.07) is 14.4. The Morgan fingerprint density at radius 3 is 2.46 bits per heavy atom. The summed E-state index contributed by atoms with van der Waals surface area (Å²) in [4.78, 5) is 24.2. The van der Waals surface area contributed by atoms with Gasteiger partial charge in [-0.2, -0.15) is 0 Å². The first-order valence-corrected chi connectivity index (χ1v) is 9.47. The second kappa shape index (κ2) is 9.14. The van der Waals surface area contributed by atoms with Crippen molar-refractivity contribution in [3.8, 4) is 0 Å². The Kier molecular flexibility index (Phi) is 6.38. The van der Waals surface area contributed by atoms with Crippen LogP contribution in [-0.4, -0.2) is 37.8 Å². The SMILES string of the molecule is Cc1ccc(COC(=O)c2ccc(NC(=O)CSc3nnnn3C)cc2)cc1. The van der Waals surface area contributed by atoms with E-state index in [-0.39, 0.29) is 18.3 Å². The molecule has 28 heavy (non-hydrogen) atoms. The number of hydrogen-bond acceptors (Lipinski definition) is 7. The zero-order valence-corrected chi connectivity index (χ0v) is 16.3. The van der Waals surface area contributed by atoms with Gasteiger partial charge in [0.05, 0.1) is 11.3 Å². The van der Waals surface area contributed by atoms with Crippen LogP contribution in [0.4, 0.5) is 5.69 Å². The van der Waals surface area contributed by atoms with E-state index in [9.17, 15) is 9.59 Å². The summed E-state index contributed by atoms with van der Waals surface area (Å²) in [6.07, 6.45) is 0. The molecule has 3 rings (SSSR count). The van der Waals surface area contributed by atoms with Crippen molar-refractivity contribution in [1.82, 2.24) is 20.2 Å². The summed E-state index contributed by atoms with van der Waals surface area (Å²) >= 11 is 1.24. The Bertz CT molecular complexity index is 954. The minimum Gasteiger partial charge on any atom is -0.457 e. The summed E-state index contributed by atoms with van der Waals surface area (Å²) in [5.74, 6) is -0.430. The predicted octanol–water partition coefficient (Wildman–Crippen LogP) is 2.61. The minimum atomic E-state index is -0.413. The maximum atomic E-state index is 12.2. The average Bonchev–Trinajstić information content (AvgIpc) is 3.11. The van der Waals surface area contributed by atoms with Crippen molar-refractivity contribution >= 4 is 29.3 Å². The third kappa shape index (κ3) is 5.40. The van der Waals surface area contributed by atoms with Crippen molar-refractivity contribution in [2.75, 3.05) is 11.1 Å². The van der Waals surface area contributed by atoms with Crippen LogP contribution in [0.3, 0.4) is 0 Å². The lowest BCUT2D eigenvalue weighted by Crippen LogP contribution is -2.14. The summed E-state index contributed by atoms with van der Waals surface area (Å²) in [6.45, 7) is 2.22. The van der Waals surface area contributed by atoms with Gasteiger partial charge in [0.15, 0.2) is 0 Å². The molecule has 0 aliphatic rings. The number of tetrazole rings is 1. The molecular formula is C19H19N5O3S. The Morgan fingerprint density at radius 2 is 1.82 bits per heavy atom. The molecule has 8 nitrogen and oxygen atoms in total. The van der Waals surface area contributed by atoms with Crippen molar-refractivity contribution in [3.63, 3.8) is 0 Å². The summed E-state index contributed by atoms with van der Waals surface area (Å²) < 4.78 is 6.81. The van der Waals surface area contributed by atoms with Crippen molar-refractivity contribution < 1.29 is 14.3 Å². The van der Waals surface area contributed by atoms with Gasteiger partial charge in [0.25, 0.3) is 0 Å². The number of thioether (sulfide) groups is 1. The first-order chi connectivity index (χ1) is 13.5. The lowest BCUT2D eigenvalue weighted by molar-refractivity contribution is -0.113. The number of rotatable bonds is 7. The molecule has 0 aliphatic heterocycles. The first-order valence-electron chi connectivity index (χ1n) is 8.49. The third-order valence-corrected chi connectivity index (χ3v) is 4.82. The molecule has 0 fully saturated rings. The molecule has 0 aliphatic carbocycles. The number of ether oxygens (including phenoxy) is 1. The van der Waals surface area contributed by atoms with E-state index in [1.165, 1.54) is 16.4 Å². The molecule has 1 N–H and O–H groups in total. The maximum absolute atomic E-state index is 12.2. The van der Waals surface area contributed by atoms with Gasteiger partial charge in [0.1, 0.15) is 6.61 Å². The second-order valence-corrected chi connectivity index (χ2v) is 7.00. The molecule has 0 unspecified atom stereocenters. The van der Waals surface area contributed by atoms with E-state index in [1.54, 1.807) is 31.3 Å². The summed E-state index contributed by atoms with van der Waals surface area (Å²) in [5, 5.41) is 14.3. The molecular weight excluding hydrogens is 378 g/mol. The fourth-order valence-electron chi connectivity index (χ4n) is 2.28. The van der Waals surface area contributed by atoms with E-state index in [0.717, 1.165) is 11.1 Å². The smallest absolute Gasteiger partial charge is 0.338 e. The largest absolute Gasteiger partial charge is 0.457 e. The second-order valence-electron chi connectivity index (χ2n) is 6.06. The Morgan fingerprint density at radius 1 is 1.11 bits per heavy atom. The van der Waals surface area contributed by atoms with Crippen LogP contribution in [0.1, 0.15) is 21.5 Å². The fraction of sp³-hybridized carbons (Fsp3) is 0.211. The molecule has 0 saturated heterocycles. The fourth-order valence-corrected chi connectivity index (χ4v) is 2.93. The topological polar surface area (TPSA) is 99.0 Å². The van der Waals surface area contributed by atoms with Crippen LogP contribution in [-0.2, 0) is 23.2 Å². The third-order valence-electron chi connectivity index (χ3n) is 3.81. The van der Waals surface area contributed by atoms with E-state index in [4.69, 9.17) is 4.74 Å². The van der Waals surface area contributed by atoms with Gasteiger partial charge in [-0.15, -0.1) is 5.10 Å². The monoisotopic (exact) mass is 397 g/mol. The number of nitrogens with one attached hydrogen (secondary N) is 1. The number of anilines is 1. The number of nitrogens with zero attached hydrogens (tertiary/aromatic N) is 4. The van der Waals surface area contributed by atoms with Crippen molar-refractivity contribution in [3.05, 3.63) is 65.2 Å². The highest BCUT2D eigenvalue weighted by molar-refractivity contribution is 7.99. The Balaban J connectivity index is 1.48. The maximum Gasteiger partial charge on any atom is 0.338 e. The summed E-state index contributed by atoms with van der Waals surface area (Å²) in [5.41, 5.74) is 3.10. The Labute approximate surface area is 166 Å². The van der Waals surface area contributed by atoms with E-state index >= 15 is 0 Å². The first kappa shape index (κ1) is 19.6. The van der Waals surface area contributed by atoms with Crippen LogP contribution in [0.5, 0.6) is 0 Å². The van der Waals surface area contributed by atoms with Gasteiger partial charge >= 0.3 is 5.97 Å². The van der Waals surface area contributed by atoms with Crippen molar-refractivity contribution in [2.24, 2.45) is 7.05 Å². The summed E-state index contributed by atoms with van der Waals surface area (Å²) in [7, 11) is 1.71. The molecule has 0 saturated carbocycles. The molecule has 0 radical (unpaired) electrons. The van der Waals surface area contributed by atoms with Gasteiger partial charge in [-0.3, -0.25) is 4.79 Å². The molecule has 3 aromatic rings. The zero-order valence-electron chi connectivity index (χ0n) is 15.5. The van der Waals surface area contributed by atoms with E-state index in [0.29, 0.717) is 16.4 Å². The standard InChI is InChI=1S/C19H19N5O3S/c1-13-3-5-14(6-4-13)11-27-18(26)15-7-9-16(10-8-15)20-17(25)12-28-19-21-22-23-24(19)2/h3-10H,11-12H2,1-2H3,(H,20,25). The van der Waals surface area contributed by atoms with Gasteiger partial charge in [-0.25, -0.2) is 9.48 Å². The average molecular weight is 397 g/mol. The number of aryl methyl sites for hydroxylation is 2. The highest BCUT2D eigenvalue weighted by Gasteiger charge is 2.10. The number of amides is 1. The molecule has 1 aromatic heterocycles. The van der Waals surface area contributed by atoms with E-state index in [2.05, 4.69) is 20.8 Å². The van der Waals surface area contributed by atoms with Crippen molar-refractivity contribution in [1.29, 1.82) is 0 Å². The minimum absolute atomic E-state index is 0.175. The van der Waals surface area contributed by atoms with Crippen LogP contribution >= 0.6 is 11.8 Å². The normalized spacial score (nSPS) is 10.5. The highest BCUT2D eigenvalue weighted by Crippen LogP contribution is 2.15. The number of carbonyl (C=O) groups excluding carboxylic acids is 2. The molecule has 1 amide bonds.